The third kappa shape index (κ3) is 4.64. The van der Waals surface area contributed by atoms with Crippen molar-refractivity contribution in [2.45, 2.75) is 38.7 Å². The molecule has 2 aliphatic rings. The Hall–Kier alpha value is -3.71. The Morgan fingerprint density at radius 3 is 2.63 bits per heavy atom. The van der Waals surface area contributed by atoms with Gasteiger partial charge in [-0.05, 0) is 74.9 Å². The first kappa shape index (κ1) is 21.8. The summed E-state index contributed by atoms with van der Waals surface area (Å²) in [5, 5.41) is 9.25. The summed E-state index contributed by atoms with van der Waals surface area (Å²) in [4.78, 5) is 13.6. The second-order valence-corrected chi connectivity index (χ2v) is 9.43. The summed E-state index contributed by atoms with van der Waals surface area (Å²) in [5.74, 6) is 2.53. The molecule has 178 valence electrons. The van der Waals surface area contributed by atoms with Crippen LogP contribution in [0, 0.1) is 6.92 Å². The number of allylic oxidation sites excluding steroid dienone is 1. The molecule has 4 heterocycles. The van der Waals surface area contributed by atoms with Crippen molar-refractivity contribution in [3.05, 3.63) is 71.9 Å². The number of nitrogens with zero attached hydrogens (tertiary/aromatic N) is 4. The van der Waals surface area contributed by atoms with Crippen LogP contribution in [-0.4, -0.2) is 38.7 Å². The number of pyridine rings is 2. The second kappa shape index (κ2) is 9.15. The van der Waals surface area contributed by atoms with Gasteiger partial charge in [0.15, 0.2) is 0 Å². The number of aromatic nitrogens is 4. The molecule has 7 nitrogen and oxygen atoms in total. The minimum atomic E-state index is 0.226. The summed E-state index contributed by atoms with van der Waals surface area (Å²) < 4.78 is 8.31. The van der Waals surface area contributed by atoms with Gasteiger partial charge >= 0.3 is 0 Å². The highest BCUT2D eigenvalue weighted by atomic mass is 16.5. The van der Waals surface area contributed by atoms with E-state index in [9.17, 15) is 0 Å². The van der Waals surface area contributed by atoms with E-state index in [0.29, 0.717) is 5.88 Å². The Bertz CT molecular complexity index is 1410. The fourth-order valence-corrected chi connectivity index (χ4v) is 4.66. The highest BCUT2D eigenvalue weighted by molar-refractivity contribution is 5.90. The summed E-state index contributed by atoms with van der Waals surface area (Å²) in [6.45, 7) is 4.01. The predicted octanol–water partition coefficient (Wildman–Crippen LogP) is 5.09. The molecule has 6 rings (SSSR count). The zero-order valence-electron chi connectivity index (χ0n) is 20.2. The van der Waals surface area contributed by atoms with Gasteiger partial charge < -0.3 is 19.9 Å². The largest absolute Gasteiger partial charge is 0.474 e. The summed E-state index contributed by atoms with van der Waals surface area (Å²) in [6.07, 6.45) is 10.2. The zero-order chi connectivity index (χ0) is 23.8. The SMILES string of the molecule is Cc1ncc(-c2ccc3cnc(NC(=C4CC4)c4ccnc(OC5CCNCC5)c4)cc3c2)n1C. The van der Waals surface area contributed by atoms with Gasteiger partial charge in [-0.3, -0.25) is 0 Å². The van der Waals surface area contributed by atoms with Crippen LogP contribution < -0.4 is 15.4 Å². The first-order valence-electron chi connectivity index (χ1n) is 12.4. The van der Waals surface area contributed by atoms with Crippen molar-refractivity contribution in [3.63, 3.8) is 0 Å². The summed E-state index contributed by atoms with van der Waals surface area (Å²) in [7, 11) is 2.05. The van der Waals surface area contributed by atoms with Crippen molar-refractivity contribution in [2.24, 2.45) is 7.05 Å². The van der Waals surface area contributed by atoms with Crippen LogP contribution in [-0.2, 0) is 7.05 Å². The van der Waals surface area contributed by atoms with Gasteiger partial charge in [-0.1, -0.05) is 12.1 Å². The summed E-state index contributed by atoms with van der Waals surface area (Å²) in [6, 6.07) is 12.7. The monoisotopic (exact) mass is 466 g/mol. The van der Waals surface area contributed by atoms with Crippen LogP contribution in [0.15, 0.2) is 60.6 Å². The van der Waals surface area contributed by atoms with E-state index < -0.39 is 0 Å². The number of aryl methyl sites for hydroxylation is 1. The fraction of sp³-hybridized carbons (Fsp3) is 0.321. The maximum atomic E-state index is 6.20. The molecule has 1 aromatic carbocycles. The van der Waals surface area contributed by atoms with E-state index in [1.165, 1.54) is 5.57 Å². The normalized spacial score (nSPS) is 15.9. The van der Waals surface area contributed by atoms with E-state index in [1.54, 1.807) is 0 Å². The molecule has 2 N–H and O–H groups in total. The molecule has 1 aliphatic carbocycles. The standard InChI is InChI=1S/C28H30N6O/c1-18-31-17-25(34(18)2)20-5-6-22-16-32-26(14-23(22)13-20)33-28(19-3-4-19)21-7-12-30-27(15-21)35-24-8-10-29-11-9-24/h5-7,12-17,24,29H,3-4,8-11H2,1-2H3,(H,32,33). The quantitative estimate of drug-likeness (QED) is 0.412. The average molecular weight is 467 g/mol. The number of anilines is 1. The Morgan fingerprint density at radius 2 is 1.86 bits per heavy atom. The number of imidazole rings is 1. The Balaban J connectivity index is 1.27. The van der Waals surface area contributed by atoms with Crippen LogP contribution in [0.1, 0.15) is 37.1 Å². The number of fused-ring (bicyclic) bond motifs is 1. The number of benzene rings is 1. The molecule has 1 saturated carbocycles. The van der Waals surface area contributed by atoms with Gasteiger partial charge in [0, 0.05) is 47.7 Å². The lowest BCUT2D eigenvalue weighted by atomic mass is 10.1. The van der Waals surface area contributed by atoms with Crippen LogP contribution in [0.4, 0.5) is 5.82 Å². The summed E-state index contributed by atoms with van der Waals surface area (Å²) >= 11 is 0. The van der Waals surface area contributed by atoms with Crippen LogP contribution >= 0.6 is 0 Å². The molecule has 1 saturated heterocycles. The van der Waals surface area contributed by atoms with E-state index in [0.717, 1.165) is 83.7 Å². The zero-order valence-corrected chi connectivity index (χ0v) is 20.2. The molecular formula is C28H30N6O. The maximum Gasteiger partial charge on any atom is 0.214 e. The smallest absolute Gasteiger partial charge is 0.214 e. The molecular weight excluding hydrogens is 436 g/mol. The number of nitrogens with one attached hydrogen (secondary N) is 2. The highest BCUT2D eigenvalue weighted by Gasteiger charge is 2.21. The lowest BCUT2D eigenvalue weighted by Gasteiger charge is -2.23. The minimum absolute atomic E-state index is 0.226. The lowest BCUT2D eigenvalue weighted by Crippen LogP contribution is -2.34. The Morgan fingerprint density at radius 1 is 1.00 bits per heavy atom. The molecule has 1 aliphatic heterocycles. The van der Waals surface area contributed by atoms with Gasteiger partial charge in [0.1, 0.15) is 17.7 Å². The van der Waals surface area contributed by atoms with Crippen LogP contribution in [0.25, 0.3) is 27.7 Å². The average Bonchev–Trinajstić information content (AvgIpc) is 3.67. The molecule has 7 heteroatoms. The molecule has 0 unspecified atom stereocenters. The van der Waals surface area contributed by atoms with Crippen molar-refractivity contribution < 1.29 is 4.74 Å². The van der Waals surface area contributed by atoms with Crippen molar-refractivity contribution >= 4 is 22.3 Å². The van der Waals surface area contributed by atoms with Crippen molar-refractivity contribution in [1.29, 1.82) is 0 Å². The third-order valence-electron chi connectivity index (χ3n) is 6.94. The van der Waals surface area contributed by atoms with E-state index in [4.69, 9.17) is 9.72 Å². The number of hydrogen-bond donors (Lipinski definition) is 2. The lowest BCUT2D eigenvalue weighted by molar-refractivity contribution is 0.156. The van der Waals surface area contributed by atoms with E-state index in [2.05, 4.69) is 55.5 Å². The molecule has 3 aromatic heterocycles. The van der Waals surface area contributed by atoms with Gasteiger partial charge in [0.25, 0.3) is 0 Å². The fourth-order valence-electron chi connectivity index (χ4n) is 4.66. The number of rotatable bonds is 6. The predicted molar refractivity (Wildman–Crippen MR) is 139 cm³/mol. The summed E-state index contributed by atoms with van der Waals surface area (Å²) in [5.41, 5.74) is 5.87. The molecule has 2 fully saturated rings. The Labute approximate surface area is 205 Å². The topological polar surface area (TPSA) is 76.9 Å². The van der Waals surface area contributed by atoms with E-state index in [1.807, 2.05) is 38.6 Å². The molecule has 0 bridgehead atoms. The van der Waals surface area contributed by atoms with Gasteiger partial charge in [-0.2, -0.15) is 0 Å². The van der Waals surface area contributed by atoms with Crippen molar-refractivity contribution in [3.8, 4) is 17.1 Å². The van der Waals surface area contributed by atoms with Gasteiger partial charge in [-0.25, -0.2) is 15.0 Å². The molecule has 0 spiro atoms. The van der Waals surface area contributed by atoms with Crippen LogP contribution in [0.3, 0.4) is 0 Å². The number of ether oxygens (including phenoxy) is 1. The maximum absolute atomic E-state index is 6.20. The Kier molecular flexibility index (Phi) is 5.70. The minimum Gasteiger partial charge on any atom is -0.474 e. The molecule has 35 heavy (non-hydrogen) atoms. The van der Waals surface area contributed by atoms with Crippen molar-refractivity contribution in [1.82, 2.24) is 24.8 Å². The number of hydrogen-bond acceptors (Lipinski definition) is 6. The van der Waals surface area contributed by atoms with Crippen LogP contribution in [0.5, 0.6) is 5.88 Å². The van der Waals surface area contributed by atoms with Crippen molar-refractivity contribution in [2.75, 3.05) is 18.4 Å². The van der Waals surface area contributed by atoms with Gasteiger partial charge in [-0.15, -0.1) is 0 Å². The first-order chi connectivity index (χ1) is 17.1. The highest BCUT2D eigenvalue weighted by Crippen LogP contribution is 2.37. The molecule has 0 amide bonds. The first-order valence-corrected chi connectivity index (χ1v) is 12.4. The van der Waals surface area contributed by atoms with E-state index >= 15 is 0 Å². The van der Waals surface area contributed by atoms with Gasteiger partial charge in [0.05, 0.1) is 11.9 Å². The second-order valence-electron chi connectivity index (χ2n) is 9.43. The third-order valence-corrected chi connectivity index (χ3v) is 6.94. The van der Waals surface area contributed by atoms with Gasteiger partial charge in [0.2, 0.25) is 5.88 Å². The molecule has 0 radical (unpaired) electrons. The number of piperidine rings is 1. The van der Waals surface area contributed by atoms with E-state index in [-0.39, 0.29) is 6.10 Å². The molecule has 0 atom stereocenters. The molecule has 4 aromatic rings. The van der Waals surface area contributed by atoms with Crippen LogP contribution in [0.2, 0.25) is 0 Å².